The van der Waals surface area contributed by atoms with Gasteiger partial charge in [0.1, 0.15) is 12.4 Å². The topological polar surface area (TPSA) is 43.8 Å². The van der Waals surface area contributed by atoms with E-state index >= 15 is 0 Å². The Morgan fingerprint density at radius 2 is 1.69 bits per heavy atom. The summed E-state index contributed by atoms with van der Waals surface area (Å²) in [5.41, 5.74) is 3.11. The highest BCUT2D eigenvalue weighted by atomic mass is 19.1. The third-order valence-corrected chi connectivity index (χ3v) is 5.15. The van der Waals surface area contributed by atoms with Crippen LogP contribution < -0.4 is 0 Å². The van der Waals surface area contributed by atoms with Crippen LogP contribution in [-0.2, 0) is 17.8 Å². The van der Waals surface area contributed by atoms with Gasteiger partial charge in [0, 0.05) is 44.7 Å². The van der Waals surface area contributed by atoms with Crippen molar-refractivity contribution in [3.63, 3.8) is 0 Å². The number of aliphatic hydroxyl groups excluding tert-OH is 1. The maximum atomic E-state index is 13.0. The van der Waals surface area contributed by atoms with Crippen molar-refractivity contribution in [1.29, 1.82) is 0 Å². The van der Waals surface area contributed by atoms with Gasteiger partial charge in [-0.25, -0.2) is 4.39 Å². The molecule has 0 bridgehead atoms. The molecule has 2 aromatic carbocycles. The molecule has 0 aromatic heterocycles. The summed E-state index contributed by atoms with van der Waals surface area (Å²) < 4.78 is 13.0. The van der Waals surface area contributed by atoms with Crippen molar-refractivity contribution < 1.29 is 14.3 Å². The van der Waals surface area contributed by atoms with Crippen molar-refractivity contribution in [2.75, 3.05) is 32.8 Å². The predicted molar refractivity (Wildman–Crippen MR) is 112 cm³/mol. The maximum Gasteiger partial charge on any atom is 0.222 e. The molecule has 0 spiro atoms. The van der Waals surface area contributed by atoms with Gasteiger partial charge in [-0.05, 0) is 48.2 Å². The van der Waals surface area contributed by atoms with Crippen LogP contribution in [-0.4, -0.2) is 53.6 Å². The SMILES string of the molecule is O=C(CCc1ccc(F)cc1)N1CCCN(Cc2ccc(C#CCO)cc2)CC1. The highest BCUT2D eigenvalue weighted by molar-refractivity contribution is 5.76. The molecule has 0 atom stereocenters. The Balaban J connectivity index is 1.46. The number of carbonyl (C=O) groups is 1. The van der Waals surface area contributed by atoms with Gasteiger partial charge < -0.3 is 10.0 Å². The van der Waals surface area contributed by atoms with E-state index in [-0.39, 0.29) is 18.3 Å². The maximum absolute atomic E-state index is 13.0. The zero-order valence-electron chi connectivity index (χ0n) is 16.6. The molecular formula is C24H27FN2O2. The third-order valence-electron chi connectivity index (χ3n) is 5.15. The summed E-state index contributed by atoms with van der Waals surface area (Å²) in [6.45, 7) is 4.07. The van der Waals surface area contributed by atoms with Crippen molar-refractivity contribution in [3.05, 3.63) is 71.0 Å². The van der Waals surface area contributed by atoms with Gasteiger partial charge in [0.05, 0.1) is 0 Å². The zero-order valence-corrected chi connectivity index (χ0v) is 16.6. The minimum absolute atomic E-state index is 0.130. The van der Waals surface area contributed by atoms with Crippen LogP contribution in [0.1, 0.15) is 29.5 Å². The van der Waals surface area contributed by atoms with Gasteiger partial charge in [-0.15, -0.1) is 0 Å². The molecule has 1 aliphatic heterocycles. The molecule has 1 heterocycles. The van der Waals surface area contributed by atoms with E-state index in [1.165, 1.54) is 17.7 Å². The summed E-state index contributed by atoms with van der Waals surface area (Å²) in [7, 11) is 0. The average molecular weight is 394 g/mol. The molecule has 0 aliphatic carbocycles. The van der Waals surface area contributed by atoms with E-state index in [9.17, 15) is 9.18 Å². The second-order valence-electron chi connectivity index (χ2n) is 7.29. The lowest BCUT2D eigenvalue weighted by Gasteiger charge is -2.22. The molecule has 1 fully saturated rings. The van der Waals surface area contributed by atoms with Crippen molar-refractivity contribution in [3.8, 4) is 11.8 Å². The quantitative estimate of drug-likeness (QED) is 0.793. The van der Waals surface area contributed by atoms with Crippen LogP contribution in [0.25, 0.3) is 0 Å². The Bertz CT molecular complexity index is 853. The van der Waals surface area contributed by atoms with Crippen LogP contribution >= 0.6 is 0 Å². The lowest BCUT2D eigenvalue weighted by molar-refractivity contribution is -0.131. The fourth-order valence-corrected chi connectivity index (χ4v) is 3.53. The highest BCUT2D eigenvalue weighted by Gasteiger charge is 2.19. The first-order valence-corrected chi connectivity index (χ1v) is 10.1. The molecule has 4 nitrogen and oxygen atoms in total. The summed E-state index contributed by atoms with van der Waals surface area (Å²) >= 11 is 0. The average Bonchev–Trinajstić information content (AvgIpc) is 2.98. The van der Waals surface area contributed by atoms with E-state index in [1.807, 2.05) is 17.0 Å². The summed E-state index contributed by atoms with van der Waals surface area (Å²) in [6.07, 6.45) is 2.06. The molecule has 1 saturated heterocycles. The van der Waals surface area contributed by atoms with E-state index in [4.69, 9.17) is 5.11 Å². The number of carbonyl (C=O) groups excluding carboxylic acids is 1. The number of amides is 1. The van der Waals surface area contributed by atoms with E-state index in [0.717, 1.165) is 50.3 Å². The first-order valence-electron chi connectivity index (χ1n) is 10.1. The standard InChI is InChI=1S/C24H27FN2O2/c25-23-11-8-21(9-12-23)10-13-24(29)27-15-2-14-26(16-17-27)19-22-6-4-20(5-7-22)3-1-18-28/h4-9,11-12,28H,2,10,13-19H2. The Morgan fingerprint density at radius 3 is 2.41 bits per heavy atom. The number of rotatable bonds is 5. The number of benzene rings is 2. The van der Waals surface area contributed by atoms with Crippen LogP contribution in [0.15, 0.2) is 48.5 Å². The van der Waals surface area contributed by atoms with Gasteiger partial charge in [0.25, 0.3) is 0 Å². The van der Waals surface area contributed by atoms with Crippen molar-refractivity contribution in [2.45, 2.75) is 25.8 Å². The van der Waals surface area contributed by atoms with Crippen molar-refractivity contribution in [2.24, 2.45) is 0 Å². The van der Waals surface area contributed by atoms with Crippen LogP contribution in [0, 0.1) is 17.7 Å². The number of aliphatic hydroxyl groups is 1. The van der Waals surface area contributed by atoms with Crippen molar-refractivity contribution in [1.82, 2.24) is 9.80 Å². The van der Waals surface area contributed by atoms with E-state index in [1.54, 1.807) is 12.1 Å². The molecule has 1 aliphatic rings. The van der Waals surface area contributed by atoms with Gasteiger partial charge in [0.15, 0.2) is 0 Å². The van der Waals surface area contributed by atoms with Gasteiger partial charge in [-0.2, -0.15) is 0 Å². The van der Waals surface area contributed by atoms with Crippen LogP contribution in [0.2, 0.25) is 0 Å². The summed E-state index contributed by atoms with van der Waals surface area (Å²) in [6, 6.07) is 14.4. The van der Waals surface area contributed by atoms with Gasteiger partial charge in [-0.3, -0.25) is 9.69 Å². The molecule has 1 N–H and O–H groups in total. The Kier molecular flexibility index (Phi) is 7.80. The smallest absolute Gasteiger partial charge is 0.222 e. The van der Waals surface area contributed by atoms with Gasteiger partial charge in [0.2, 0.25) is 5.91 Å². The molecule has 0 saturated carbocycles. The minimum Gasteiger partial charge on any atom is -0.384 e. The number of hydrogen-bond acceptors (Lipinski definition) is 3. The second-order valence-corrected chi connectivity index (χ2v) is 7.29. The Morgan fingerprint density at radius 1 is 0.966 bits per heavy atom. The second kappa shape index (κ2) is 10.8. The Labute approximate surface area is 172 Å². The minimum atomic E-state index is -0.250. The molecule has 5 heteroatoms. The number of hydrogen-bond donors (Lipinski definition) is 1. The third kappa shape index (κ3) is 6.70. The highest BCUT2D eigenvalue weighted by Crippen LogP contribution is 2.12. The molecule has 0 unspecified atom stereocenters. The Hall–Kier alpha value is -2.68. The molecule has 29 heavy (non-hydrogen) atoms. The van der Waals surface area contributed by atoms with Crippen molar-refractivity contribution >= 4 is 5.91 Å². The number of nitrogens with zero attached hydrogens (tertiary/aromatic N) is 2. The fourth-order valence-electron chi connectivity index (χ4n) is 3.53. The zero-order chi connectivity index (χ0) is 20.5. The van der Waals surface area contributed by atoms with E-state index < -0.39 is 0 Å². The van der Waals surface area contributed by atoms with Crippen LogP contribution in [0.4, 0.5) is 4.39 Å². The molecule has 0 radical (unpaired) electrons. The largest absolute Gasteiger partial charge is 0.384 e. The molecular weight excluding hydrogens is 367 g/mol. The van der Waals surface area contributed by atoms with Gasteiger partial charge >= 0.3 is 0 Å². The van der Waals surface area contributed by atoms with Crippen LogP contribution in [0.3, 0.4) is 0 Å². The molecule has 1 amide bonds. The lowest BCUT2D eigenvalue weighted by atomic mass is 10.1. The first kappa shape index (κ1) is 21.0. The predicted octanol–water partition coefficient (Wildman–Crippen LogP) is 2.84. The van der Waals surface area contributed by atoms with E-state index in [0.29, 0.717) is 12.8 Å². The molecule has 3 rings (SSSR count). The number of aryl methyl sites for hydroxylation is 1. The number of halogens is 1. The van der Waals surface area contributed by atoms with Gasteiger partial charge in [-0.1, -0.05) is 36.1 Å². The summed E-state index contributed by atoms with van der Waals surface area (Å²) in [5.74, 6) is 5.48. The normalized spacial score (nSPS) is 14.8. The van der Waals surface area contributed by atoms with E-state index in [2.05, 4.69) is 28.9 Å². The first-order chi connectivity index (χ1) is 14.1. The molecule has 2 aromatic rings. The molecule has 152 valence electrons. The fraction of sp³-hybridized carbons (Fsp3) is 0.375. The lowest BCUT2D eigenvalue weighted by Crippen LogP contribution is -2.35. The summed E-state index contributed by atoms with van der Waals surface area (Å²) in [4.78, 5) is 16.9. The summed E-state index contributed by atoms with van der Waals surface area (Å²) in [5, 5.41) is 8.77. The monoisotopic (exact) mass is 394 g/mol. The van der Waals surface area contributed by atoms with Crippen LogP contribution in [0.5, 0.6) is 0 Å².